The van der Waals surface area contributed by atoms with Gasteiger partial charge in [-0.3, -0.25) is 0 Å². The third kappa shape index (κ3) is 4.92. The van der Waals surface area contributed by atoms with Crippen LogP contribution >= 0.6 is 0 Å². The van der Waals surface area contributed by atoms with Crippen molar-refractivity contribution < 1.29 is 9.53 Å². The fourth-order valence-corrected chi connectivity index (χ4v) is 2.37. The Labute approximate surface area is 126 Å². The van der Waals surface area contributed by atoms with Gasteiger partial charge in [0.25, 0.3) is 0 Å². The molecule has 1 atom stereocenters. The number of aromatic nitrogens is 1. The second-order valence-corrected chi connectivity index (χ2v) is 6.68. The molecule has 0 aromatic carbocycles. The van der Waals surface area contributed by atoms with Crippen LogP contribution in [0.2, 0.25) is 0 Å². The summed E-state index contributed by atoms with van der Waals surface area (Å²) in [7, 11) is 0. The lowest BCUT2D eigenvalue weighted by atomic mass is 10.1. The quantitative estimate of drug-likeness (QED) is 0.930. The molecule has 0 aliphatic carbocycles. The van der Waals surface area contributed by atoms with E-state index in [0.717, 1.165) is 31.9 Å². The average molecular weight is 291 g/mol. The van der Waals surface area contributed by atoms with Gasteiger partial charge >= 0.3 is 6.09 Å². The number of carbonyl (C=O) groups excluding carboxylic acids is 1. The maximum Gasteiger partial charge on any atom is 0.410 e. The maximum atomic E-state index is 12.0. The first-order valence-corrected chi connectivity index (χ1v) is 7.48. The zero-order chi connectivity index (χ0) is 15.5. The number of nitrogens with zero attached hydrogens (tertiary/aromatic N) is 2. The fraction of sp³-hybridized carbons (Fsp3) is 0.625. The zero-order valence-corrected chi connectivity index (χ0v) is 13.3. The van der Waals surface area contributed by atoms with Crippen LogP contribution in [-0.2, 0) is 4.74 Å². The molecule has 2 heterocycles. The van der Waals surface area contributed by atoms with Crippen molar-refractivity contribution in [2.75, 3.05) is 25.0 Å². The number of likely N-dealkylation sites (tertiary alicyclic amines) is 1. The third-order valence-electron chi connectivity index (χ3n) is 3.42. The Kier molecular flexibility index (Phi) is 4.70. The number of hydrogen-bond acceptors (Lipinski definition) is 4. The minimum atomic E-state index is -0.432. The molecule has 1 N–H and O–H groups in total. The summed E-state index contributed by atoms with van der Waals surface area (Å²) in [6.45, 7) is 10.1. The molecule has 0 unspecified atom stereocenters. The van der Waals surface area contributed by atoms with Gasteiger partial charge in [-0.05, 0) is 57.7 Å². The number of carbonyl (C=O) groups is 1. The minimum Gasteiger partial charge on any atom is -0.444 e. The zero-order valence-electron chi connectivity index (χ0n) is 13.3. The summed E-state index contributed by atoms with van der Waals surface area (Å²) in [5.74, 6) is 1.34. The van der Waals surface area contributed by atoms with E-state index in [1.54, 1.807) is 11.1 Å². The van der Waals surface area contributed by atoms with E-state index in [4.69, 9.17) is 4.74 Å². The number of nitrogens with one attached hydrogen (secondary N) is 1. The molecule has 1 amide bonds. The van der Waals surface area contributed by atoms with Crippen molar-refractivity contribution in [3.05, 3.63) is 23.9 Å². The molecule has 21 heavy (non-hydrogen) atoms. The van der Waals surface area contributed by atoms with Crippen molar-refractivity contribution in [3.8, 4) is 0 Å². The highest BCUT2D eigenvalue weighted by molar-refractivity contribution is 5.68. The molecule has 5 nitrogen and oxygen atoms in total. The molecule has 1 aromatic heterocycles. The van der Waals surface area contributed by atoms with Crippen LogP contribution in [0.15, 0.2) is 18.3 Å². The highest BCUT2D eigenvalue weighted by atomic mass is 16.6. The molecular weight excluding hydrogens is 266 g/mol. The molecule has 116 valence electrons. The van der Waals surface area contributed by atoms with E-state index in [1.807, 2.05) is 39.8 Å². The Morgan fingerprint density at radius 1 is 1.52 bits per heavy atom. The van der Waals surface area contributed by atoms with E-state index in [0.29, 0.717) is 5.92 Å². The molecule has 1 aliphatic heterocycles. The molecule has 2 rings (SSSR count). The number of hydrogen-bond donors (Lipinski definition) is 1. The van der Waals surface area contributed by atoms with E-state index < -0.39 is 5.60 Å². The summed E-state index contributed by atoms with van der Waals surface area (Å²) in [5, 5.41) is 3.35. The molecule has 1 aromatic rings. The summed E-state index contributed by atoms with van der Waals surface area (Å²) >= 11 is 0. The van der Waals surface area contributed by atoms with Gasteiger partial charge in [0.05, 0.1) is 0 Å². The van der Waals surface area contributed by atoms with Crippen LogP contribution in [0, 0.1) is 12.8 Å². The largest absolute Gasteiger partial charge is 0.444 e. The molecule has 5 heteroatoms. The first kappa shape index (κ1) is 15.6. The molecule has 1 aliphatic rings. The number of rotatable bonds is 3. The summed E-state index contributed by atoms with van der Waals surface area (Å²) in [6.07, 6.45) is 2.59. The lowest BCUT2D eigenvalue weighted by Crippen LogP contribution is -2.35. The summed E-state index contributed by atoms with van der Waals surface area (Å²) < 4.78 is 5.40. The van der Waals surface area contributed by atoms with Crippen molar-refractivity contribution >= 4 is 11.9 Å². The number of pyridine rings is 1. The fourth-order valence-electron chi connectivity index (χ4n) is 2.37. The van der Waals surface area contributed by atoms with Gasteiger partial charge < -0.3 is 15.0 Å². The van der Waals surface area contributed by atoms with Gasteiger partial charge in [-0.1, -0.05) is 0 Å². The Bertz CT molecular complexity index is 497. The van der Waals surface area contributed by atoms with Gasteiger partial charge in [0.2, 0.25) is 0 Å². The minimum absolute atomic E-state index is 0.210. The molecular formula is C16H25N3O2. The highest BCUT2D eigenvalue weighted by Gasteiger charge is 2.29. The van der Waals surface area contributed by atoms with Crippen LogP contribution in [0.1, 0.15) is 32.8 Å². The van der Waals surface area contributed by atoms with Crippen LogP contribution < -0.4 is 5.32 Å². The molecule has 0 saturated carbocycles. The van der Waals surface area contributed by atoms with Crippen LogP contribution in [0.5, 0.6) is 0 Å². The number of ether oxygens (including phenoxy) is 1. The smallest absolute Gasteiger partial charge is 0.410 e. The number of amides is 1. The second-order valence-electron chi connectivity index (χ2n) is 6.68. The molecule has 1 saturated heterocycles. The van der Waals surface area contributed by atoms with E-state index in [1.165, 1.54) is 5.56 Å². The van der Waals surface area contributed by atoms with Crippen LogP contribution in [0.25, 0.3) is 0 Å². The van der Waals surface area contributed by atoms with Crippen molar-refractivity contribution in [1.82, 2.24) is 9.88 Å². The topological polar surface area (TPSA) is 54.5 Å². The van der Waals surface area contributed by atoms with Crippen LogP contribution in [0.3, 0.4) is 0 Å². The van der Waals surface area contributed by atoms with E-state index in [9.17, 15) is 4.79 Å². The summed E-state index contributed by atoms with van der Waals surface area (Å²) in [4.78, 5) is 18.1. The summed E-state index contributed by atoms with van der Waals surface area (Å²) in [6, 6.07) is 4.01. The third-order valence-corrected chi connectivity index (χ3v) is 3.42. The Morgan fingerprint density at radius 3 is 2.95 bits per heavy atom. The Hall–Kier alpha value is -1.78. The predicted molar refractivity (Wildman–Crippen MR) is 83.4 cm³/mol. The first-order valence-electron chi connectivity index (χ1n) is 7.48. The van der Waals surface area contributed by atoms with Crippen LogP contribution in [0.4, 0.5) is 10.6 Å². The molecule has 0 bridgehead atoms. The van der Waals surface area contributed by atoms with Crippen molar-refractivity contribution in [2.45, 2.75) is 39.7 Å². The van der Waals surface area contributed by atoms with Gasteiger partial charge in [0.15, 0.2) is 0 Å². The van der Waals surface area contributed by atoms with Crippen molar-refractivity contribution in [2.24, 2.45) is 5.92 Å². The predicted octanol–water partition coefficient (Wildman–Crippen LogP) is 3.06. The highest BCUT2D eigenvalue weighted by Crippen LogP contribution is 2.20. The number of aryl methyl sites for hydroxylation is 1. The number of anilines is 1. The maximum absolute atomic E-state index is 12.0. The van der Waals surface area contributed by atoms with Crippen LogP contribution in [-0.4, -0.2) is 41.2 Å². The van der Waals surface area contributed by atoms with Crippen molar-refractivity contribution in [3.63, 3.8) is 0 Å². The Balaban J connectivity index is 1.79. The lowest BCUT2D eigenvalue weighted by molar-refractivity contribution is 0.0289. The SMILES string of the molecule is Cc1ccnc(NC[C@@H]2CCN(C(=O)OC(C)(C)C)C2)c1. The second kappa shape index (κ2) is 6.33. The van der Waals surface area contributed by atoms with Gasteiger partial charge in [0, 0.05) is 25.8 Å². The van der Waals surface area contributed by atoms with Gasteiger partial charge in [-0.15, -0.1) is 0 Å². The standard InChI is InChI=1S/C16H25N3O2/c1-12-5-7-17-14(9-12)18-10-13-6-8-19(11-13)15(20)21-16(2,3)4/h5,7,9,13H,6,8,10-11H2,1-4H3,(H,17,18)/t13-/m0/s1. The molecule has 0 spiro atoms. The normalized spacial score (nSPS) is 18.7. The van der Waals surface area contributed by atoms with E-state index in [2.05, 4.69) is 10.3 Å². The Morgan fingerprint density at radius 2 is 2.29 bits per heavy atom. The van der Waals surface area contributed by atoms with Gasteiger partial charge in [-0.2, -0.15) is 0 Å². The lowest BCUT2D eigenvalue weighted by Gasteiger charge is -2.24. The molecule has 1 fully saturated rings. The van der Waals surface area contributed by atoms with E-state index in [-0.39, 0.29) is 6.09 Å². The average Bonchev–Trinajstić information content (AvgIpc) is 2.83. The van der Waals surface area contributed by atoms with E-state index >= 15 is 0 Å². The van der Waals surface area contributed by atoms with Gasteiger partial charge in [-0.25, -0.2) is 9.78 Å². The van der Waals surface area contributed by atoms with Gasteiger partial charge in [0.1, 0.15) is 11.4 Å². The first-order chi connectivity index (χ1) is 9.83. The monoisotopic (exact) mass is 291 g/mol. The van der Waals surface area contributed by atoms with Crippen molar-refractivity contribution in [1.29, 1.82) is 0 Å². The molecule has 0 radical (unpaired) electrons. The summed E-state index contributed by atoms with van der Waals surface area (Å²) in [5.41, 5.74) is 0.758.